The Morgan fingerprint density at radius 1 is 1.32 bits per heavy atom. The van der Waals surface area contributed by atoms with Gasteiger partial charge in [-0.15, -0.1) is 0 Å². The van der Waals surface area contributed by atoms with Crippen molar-refractivity contribution in [1.82, 2.24) is 19.9 Å². The molecule has 3 rings (SSSR count). The molecule has 1 amide bonds. The lowest BCUT2D eigenvalue weighted by Crippen LogP contribution is -2.32. The summed E-state index contributed by atoms with van der Waals surface area (Å²) in [6, 6.07) is 5.49. The van der Waals surface area contributed by atoms with E-state index in [1.54, 1.807) is 24.1 Å². The molecule has 0 saturated carbocycles. The second kappa shape index (κ2) is 7.04. The van der Waals surface area contributed by atoms with Crippen LogP contribution in [0.1, 0.15) is 28.4 Å². The van der Waals surface area contributed by atoms with Crippen molar-refractivity contribution in [2.45, 2.75) is 26.4 Å². The van der Waals surface area contributed by atoms with Crippen molar-refractivity contribution in [3.8, 4) is 5.75 Å². The fourth-order valence-corrected chi connectivity index (χ4v) is 2.99. The van der Waals surface area contributed by atoms with E-state index in [-0.39, 0.29) is 12.0 Å². The minimum Gasteiger partial charge on any atom is -0.485 e. The minimum atomic E-state index is -0.0706. The van der Waals surface area contributed by atoms with Gasteiger partial charge >= 0.3 is 0 Å². The number of rotatable bonds is 4. The van der Waals surface area contributed by atoms with Crippen LogP contribution in [0.5, 0.6) is 5.75 Å². The Labute approximate surface area is 147 Å². The van der Waals surface area contributed by atoms with Gasteiger partial charge in [0.15, 0.2) is 11.6 Å². The Bertz CT molecular complexity index is 758. The minimum absolute atomic E-state index is 0.0455. The van der Waals surface area contributed by atoms with Crippen molar-refractivity contribution in [3.05, 3.63) is 41.6 Å². The number of aryl methyl sites for hydroxylation is 2. The summed E-state index contributed by atoms with van der Waals surface area (Å²) in [5, 5.41) is 0. The maximum absolute atomic E-state index is 12.7. The van der Waals surface area contributed by atoms with Gasteiger partial charge in [-0.3, -0.25) is 4.79 Å². The number of anilines is 1. The first kappa shape index (κ1) is 17.1. The smallest absolute Gasteiger partial charge is 0.272 e. The van der Waals surface area contributed by atoms with Gasteiger partial charge in [0.2, 0.25) is 0 Å². The maximum Gasteiger partial charge on any atom is 0.272 e. The largest absolute Gasteiger partial charge is 0.485 e. The second-order valence-electron chi connectivity index (χ2n) is 6.44. The van der Waals surface area contributed by atoms with E-state index in [9.17, 15) is 4.79 Å². The van der Waals surface area contributed by atoms with E-state index in [0.29, 0.717) is 24.6 Å². The van der Waals surface area contributed by atoms with Gasteiger partial charge in [0.05, 0.1) is 6.54 Å². The second-order valence-corrected chi connectivity index (χ2v) is 6.44. The van der Waals surface area contributed by atoms with Gasteiger partial charge in [0, 0.05) is 39.0 Å². The lowest BCUT2D eigenvalue weighted by atomic mass is 10.3. The van der Waals surface area contributed by atoms with Crippen LogP contribution in [-0.4, -0.2) is 59.0 Å². The molecule has 1 aliphatic heterocycles. The fraction of sp³-hybridized carbons (Fsp3) is 0.444. The molecule has 0 bridgehead atoms. The highest BCUT2D eigenvalue weighted by molar-refractivity contribution is 5.92. The highest BCUT2D eigenvalue weighted by Gasteiger charge is 2.29. The van der Waals surface area contributed by atoms with E-state index in [1.165, 1.54) is 0 Å². The molecule has 3 heterocycles. The van der Waals surface area contributed by atoms with Crippen LogP contribution in [0.2, 0.25) is 0 Å². The van der Waals surface area contributed by atoms with E-state index in [0.717, 1.165) is 23.7 Å². The van der Waals surface area contributed by atoms with E-state index >= 15 is 0 Å². The van der Waals surface area contributed by atoms with Crippen LogP contribution in [0.4, 0.5) is 5.82 Å². The Hall–Kier alpha value is -2.70. The molecule has 1 saturated heterocycles. The Balaban J connectivity index is 1.69. The number of hydrogen-bond acceptors (Lipinski definition) is 6. The molecule has 7 heteroatoms. The first-order valence-electron chi connectivity index (χ1n) is 8.34. The molecule has 0 aromatic carbocycles. The molecule has 2 aromatic rings. The van der Waals surface area contributed by atoms with Crippen molar-refractivity contribution in [2.75, 3.05) is 32.1 Å². The van der Waals surface area contributed by atoms with Crippen molar-refractivity contribution in [3.63, 3.8) is 0 Å². The number of nitrogens with zero attached hydrogens (tertiary/aromatic N) is 5. The highest BCUT2D eigenvalue weighted by atomic mass is 16.5. The fourth-order valence-electron chi connectivity index (χ4n) is 2.99. The van der Waals surface area contributed by atoms with Gasteiger partial charge in [0.1, 0.15) is 17.6 Å². The number of hydrogen-bond donors (Lipinski definition) is 0. The van der Waals surface area contributed by atoms with Crippen LogP contribution in [0.3, 0.4) is 0 Å². The van der Waals surface area contributed by atoms with Gasteiger partial charge in [-0.05, 0) is 32.0 Å². The zero-order chi connectivity index (χ0) is 18.0. The van der Waals surface area contributed by atoms with Crippen LogP contribution < -0.4 is 9.64 Å². The zero-order valence-corrected chi connectivity index (χ0v) is 15.1. The zero-order valence-electron chi connectivity index (χ0n) is 15.1. The SMILES string of the molecule is Cc1cc(C(=O)N2CC[C@H](Oc3cccnc3N(C)C)C2)nc(C)n1. The summed E-state index contributed by atoms with van der Waals surface area (Å²) in [7, 11) is 3.86. The summed E-state index contributed by atoms with van der Waals surface area (Å²) in [6.45, 7) is 4.86. The molecular weight excluding hydrogens is 318 g/mol. The number of pyridine rings is 1. The number of amides is 1. The van der Waals surface area contributed by atoms with Gasteiger partial charge in [-0.25, -0.2) is 15.0 Å². The topological polar surface area (TPSA) is 71.5 Å². The van der Waals surface area contributed by atoms with Crippen LogP contribution in [-0.2, 0) is 0 Å². The summed E-state index contributed by atoms with van der Waals surface area (Å²) in [6.07, 6.45) is 2.49. The summed E-state index contributed by atoms with van der Waals surface area (Å²) in [5.74, 6) is 2.06. The lowest BCUT2D eigenvalue weighted by molar-refractivity contribution is 0.0766. The predicted molar refractivity (Wildman–Crippen MR) is 95.0 cm³/mol. The number of aromatic nitrogens is 3. The number of carbonyl (C=O) groups is 1. The summed E-state index contributed by atoms with van der Waals surface area (Å²) in [5.41, 5.74) is 1.25. The van der Waals surface area contributed by atoms with Gasteiger partial charge in [0.25, 0.3) is 5.91 Å². The average molecular weight is 341 g/mol. The third kappa shape index (κ3) is 3.87. The highest BCUT2D eigenvalue weighted by Crippen LogP contribution is 2.27. The standard InChI is InChI=1S/C18H23N5O2/c1-12-10-15(21-13(2)20-12)18(24)23-9-7-14(11-23)25-16-6-5-8-19-17(16)22(3)4/h5-6,8,10,14H,7,9,11H2,1-4H3/t14-/m0/s1. The number of likely N-dealkylation sites (tertiary alicyclic amines) is 1. The van der Waals surface area contributed by atoms with Crippen LogP contribution in [0, 0.1) is 13.8 Å². The molecule has 0 unspecified atom stereocenters. The molecule has 1 fully saturated rings. The summed E-state index contributed by atoms with van der Waals surface area (Å²) >= 11 is 0. The molecular formula is C18H23N5O2. The molecule has 0 N–H and O–H groups in total. The monoisotopic (exact) mass is 341 g/mol. The van der Waals surface area contributed by atoms with Gasteiger partial charge in [-0.1, -0.05) is 0 Å². The first-order chi connectivity index (χ1) is 11.9. The first-order valence-corrected chi connectivity index (χ1v) is 8.34. The van der Waals surface area contributed by atoms with E-state index in [4.69, 9.17) is 4.74 Å². The molecule has 1 aliphatic rings. The number of carbonyl (C=O) groups excluding carboxylic acids is 1. The molecule has 25 heavy (non-hydrogen) atoms. The van der Waals surface area contributed by atoms with Crippen molar-refractivity contribution in [2.24, 2.45) is 0 Å². The third-order valence-electron chi connectivity index (χ3n) is 4.09. The molecule has 1 atom stereocenters. The lowest BCUT2D eigenvalue weighted by Gasteiger charge is -2.20. The molecule has 0 spiro atoms. The quantitative estimate of drug-likeness (QED) is 0.845. The molecule has 7 nitrogen and oxygen atoms in total. The van der Waals surface area contributed by atoms with E-state index in [2.05, 4.69) is 15.0 Å². The maximum atomic E-state index is 12.7. The van der Waals surface area contributed by atoms with Crippen LogP contribution in [0.15, 0.2) is 24.4 Å². The Morgan fingerprint density at radius 3 is 2.84 bits per heavy atom. The molecule has 0 aliphatic carbocycles. The van der Waals surface area contributed by atoms with Gasteiger partial charge < -0.3 is 14.5 Å². The molecule has 132 valence electrons. The average Bonchev–Trinajstić information content (AvgIpc) is 3.02. The van der Waals surface area contributed by atoms with Gasteiger partial charge in [-0.2, -0.15) is 0 Å². The number of ether oxygens (including phenoxy) is 1. The molecule has 0 radical (unpaired) electrons. The summed E-state index contributed by atoms with van der Waals surface area (Å²) in [4.78, 5) is 29.2. The third-order valence-corrected chi connectivity index (χ3v) is 4.09. The predicted octanol–water partition coefficient (Wildman–Crippen LogP) is 1.85. The van der Waals surface area contributed by atoms with Crippen LogP contribution >= 0.6 is 0 Å². The Morgan fingerprint density at radius 2 is 2.12 bits per heavy atom. The Kier molecular flexibility index (Phi) is 4.83. The van der Waals surface area contributed by atoms with Crippen LogP contribution in [0.25, 0.3) is 0 Å². The van der Waals surface area contributed by atoms with E-state index < -0.39 is 0 Å². The molecule has 2 aromatic heterocycles. The van der Waals surface area contributed by atoms with Crippen molar-refractivity contribution in [1.29, 1.82) is 0 Å². The summed E-state index contributed by atoms with van der Waals surface area (Å²) < 4.78 is 6.10. The van der Waals surface area contributed by atoms with Crippen molar-refractivity contribution >= 4 is 11.7 Å². The van der Waals surface area contributed by atoms with Crippen molar-refractivity contribution < 1.29 is 9.53 Å². The van der Waals surface area contributed by atoms with E-state index in [1.807, 2.05) is 38.1 Å². The normalized spacial score (nSPS) is 16.8.